The zero-order chi connectivity index (χ0) is 29.6. The number of carbonyl (C=O) groups is 1. The molecule has 0 bridgehead atoms. The second-order valence-electron chi connectivity index (χ2n) is 11.0. The van der Waals surface area contributed by atoms with E-state index >= 15 is 0 Å². The van der Waals surface area contributed by atoms with E-state index in [1.54, 1.807) is 40.7 Å². The maximum atomic E-state index is 14.7. The summed E-state index contributed by atoms with van der Waals surface area (Å²) >= 11 is 5.96. The third-order valence-electron chi connectivity index (χ3n) is 6.70. The van der Waals surface area contributed by atoms with Crippen molar-refractivity contribution in [3.63, 3.8) is 0 Å². The van der Waals surface area contributed by atoms with Gasteiger partial charge in [-0.25, -0.2) is 17.6 Å². The molecule has 40 heavy (non-hydrogen) atoms. The van der Waals surface area contributed by atoms with Gasteiger partial charge in [-0.05, 0) is 105 Å². The minimum absolute atomic E-state index is 0.0770. The number of fused-ring (bicyclic) bond motifs is 1. The van der Waals surface area contributed by atoms with Crippen molar-refractivity contribution in [3.05, 3.63) is 69.5 Å². The lowest BCUT2D eigenvalue weighted by Crippen LogP contribution is -2.29. The van der Waals surface area contributed by atoms with Crippen molar-refractivity contribution in [2.45, 2.75) is 59.2 Å². The van der Waals surface area contributed by atoms with Crippen LogP contribution in [0.15, 0.2) is 36.4 Å². The molecule has 0 aliphatic carbocycles. The Balaban J connectivity index is 2.17. The number of aryl methyl sites for hydroxylation is 1. The lowest BCUT2D eigenvalue weighted by molar-refractivity contribution is -0.160. The van der Waals surface area contributed by atoms with Gasteiger partial charge in [0.2, 0.25) is 10.0 Å². The minimum Gasteiger partial charge on any atom is -0.493 e. The highest BCUT2D eigenvalue weighted by Gasteiger charge is 2.34. The molecule has 0 aromatic heterocycles. The van der Waals surface area contributed by atoms with E-state index in [4.69, 9.17) is 21.1 Å². The van der Waals surface area contributed by atoms with Gasteiger partial charge in [-0.2, -0.15) is 0 Å². The van der Waals surface area contributed by atoms with Gasteiger partial charge < -0.3 is 14.6 Å². The molecule has 1 atom stereocenters. The van der Waals surface area contributed by atoms with E-state index in [-0.39, 0.29) is 10.7 Å². The molecule has 1 aliphatic rings. The number of aliphatic carboxylic acids is 1. The van der Waals surface area contributed by atoms with E-state index in [9.17, 15) is 22.7 Å². The molecule has 0 saturated carbocycles. The number of hydrogen-bond acceptors (Lipinski definition) is 5. The number of sulfonamides is 1. The molecule has 214 valence electrons. The van der Waals surface area contributed by atoms with Gasteiger partial charge in [0.05, 0.1) is 29.2 Å². The van der Waals surface area contributed by atoms with Crippen molar-refractivity contribution in [2.24, 2.45) is 0 Å². The Morgan fingerprint density at radius 3 is 2.35 bits per heavy atom. The summed E-state index contributed by atoms with van der Waals surface area (Å²) < 4.78 is 54.3. The highest BCUT2D eigenvalue weighted by atomic mass is 35.5. The summed E-state index contributed by atoms with van der Waals surface area (Å²) in [5, 5.41) is 10.3. The van der Waals surface area contributed by atoms with Crippen LogP contribution in [0.4, 0.5) is 10.1 Å². The Labute approximate surface area is 239 Å². The Hall–Kier alpha value is -3.14. The van der Waals surface area contributed by atoms with Gasteiger partial charge in [-0.15, -0.1) is 0 Å². The fraction of sp³-hybridized carbons (Fsp3) is 0.367. The molecule has 1 heterocycles. The van der Waals surface area contributed by atoms with Gasteiger partial charge in [-0.1, -0.05) is 23.7 Å². The van der Waals surface area contributed by atoms with Crippen LogP contribution in [0.25, 0.3) is 22.3 Å². The van der Waals surface area contributed by atoms with Gasteiger partial charge in [0.25, 0.3) is 0 Å². The number of benzene rings is 3. The molecule has 10 heteroatoms. The first kappa shape index (κ1) is 29.8. The SMILES string of the molecule is Cc1c(-c2ccc(Cl)c(F)c2)c(NS(C)(=O)=O)c(C)c(C(OC(C)(C)C)C(=O)O)c1-c1ccc2c(c1)CCCO2. The lowest BCUT2D eigenvalue weighted by atomic mass is 9.82. The second kappa shape index (κ2) is 11.0. The molecule has 0 amide bonds. The van der Waals surface area contributed by atoms with Gasteiger partial charge in [0.15, 0.2) is 6.10 Å². The van der Waals surface area contributed by atoms with E-state index in [0.29, 0.717) is 45.6 Å². The summed E-state index contributed by atoms with van der Waals surface area (Å²) in [5.74, 6) is -1.13. The summed E-state index contributed by atoms with van der Waals surface area (Å²) in [4.78, 5) is 12.7. The maximum Gasteiger partial charge on any atom is 0.337 e. The van der Waals surface area contributed by atoms with Crippen LogP contribution < -0.4 is 9.46 Å². The molecule has 4 rings (SSSR count). The molecule has 7 nitrogen and oxygen atoms in total. The lowest BCUT2D eigenvalue weighted by Gasteiger charge is -2.31. The molecule has 1 aliphatic heterocycles. The van der Waals surface area contributed by atoms with Crippen LogP contribution in [0.5, 0.6) is 5.75 Å². The van der Waals surface area contributed by atoms with Crippen LogP contribution >= 0.6 is 11.6 Å². The molecule has 3 aromatic rings. The van der Waals surface area contributed by atoms with Crippen LogP contribution in [0.2, 0.25) is 5.02 Å². The van der Waals surface area contributed by atoms with E-state index in [0.717, 1.165) is 30.4 Å². The zero-order valence-electron chi connectivity index (χ0n) is 23.3. The summed E-state index contributed by atoms with van der Waals surface area (Å²) in [5.41, 5.74) is 3.55. The minimum atomic E-state index is -3.83. The van der Waals surface area contributed by atoms with E-state index in [1.807, 2.05) is 18.2 Å². The monoisotopic (exact) mass is 589 g/mol. The number of rotatable bonds is 7. The topological polar surface area (TPSA) is 102 Å². The highest BCUT2D eigenvalue weighted by molar-refractivity contribution is 7.92. The van der Waals surface area contributed by atoms with Crippen LogP contribution in [0.1, 0.15) is 55.5 Å². The fourth-order valence-electron chi connectivity index (χ4n) is 5.15. The second-order valence-corrected chi connectivity index (χ2v) is 13.2. The van der Waals surface area contributed by atoms with E-state index in [1.165, 1.54) is 12.1 Å². The predicted octanol–water partition coefficient (Wildman–Crippen LogP) is 7.07. The van der Waals surface area contributed by atoms with Crippen LogP contribution in [0, 0.1) is 19.7 Å². The normalized spacial score (nSPS) is 14.3. The summed E-state index contributed by atoms with van der Waals surface area (Å²) in [6.07, 6.45) is 1.21. The average Bonchev–Trinajstić information content (AvgIpc) is 2.85. The number of anilines is 1. The predicted molar refractivity (Wildman–Crippen MR) is 155 cm³/mol. The quantitative estimate of drug-likeness (QED) is 0.306. The van der Waals surface area contributed by atoms with Gasteiger partial charge in [0.1, 0.15) is 11.6 Å². The van der Waals surface area contributed by atoms with Crippen molar-refractivity contribution < 1.29 is 32.2 Å². The van der Waals surface area contributed by atoms with Crippen molar-refractivity contribution in [3.8, 4) is 28.0 Å². The number of carboxylic acids is 1. The molecule has 2 N–H and O–H groups in total. The molecular formula is C30H33ClFNO6S. The number of halogens is 2. The van der Waals surface area contributed by atoms with Crippen molar-refractivity contribution in [1.82, 2.24) is 0 Å². The Morgan fingerprint density at radius 2 is 1.75 bits per heavy atom. The molecule has 1 unspecified atom stereocenters. The smallest absolute Gasteiger partial charge is 0.337 e. The zero-order valence-corrected chi connectivity index (χ0v) is 24.9. The van der Waals surface area contributed by atoms with Crippen LogP contribution in [0.3, 0.4) is 0 Å². The summed E-state index contributed by atoms with van der Waals surface area (Å²) in [6, 6.07) is 9.91. The standard InChI is InChI=1S/C30H33ClFNO6S/c1-16-24(19-10-12-23-18(14-19)8-7-13-38-23)26(28(29(34)35)39-30(3,4)5)17(2)27(33-40(6,36)37)25(16)20-9-11-21(31)22(32)15-20/h9-12,14-15,28,33H,7-8,13H2,1-6H3,(H,34,35). The van der Waals surface area contributed by atoms with Crippen LogP contribution in [-0.2, 0) is 26.0 Å². The Bertz CT molecular complexity index is 1600. The van der Waals surface area contributed by atoms with Gasteiger partial charge >= 0.3 is 5.97 Å². The first-order valence-electron chi connectivity index (χ1n) is 12.8. The Morgan fingerprint density at radius 1 is 1.10 bits per heavy atom. The Kier molecular flexibility index (Phi) is 8.23. The van der Waals surface area contributed by atoms with E-state index < -0.39 is 33.5 Å². The number of nitrogens with one attached hydrogen (secondary N) is 1. The molecule has 0 spiro atoms. The van der Waals surface area contributed by atoms with Crippen LogP contribution in [-0.4, -0.2) is 38.0 Å². The molecule has 0 radical (unpaired) electrons. The third kappa shape index (κ3) is 6.27. The molecular weight excluding hydrogens is 557 g/mol. The van der Waals surface area contributed by atoms with Gasteiger partial charge in [-0.3, -0.25) is 4.72 Å². The highest BCUT2D eigenvalue weighted by Crippen LogP contribution is 2.48. The molecule has 3 aromatic carbocycles. The number of carboxylic acid groups (broad SMARTS) is 1. The maximum absolute atomic E-state index is 14.7. The van der Waals surface area contributed by atoms with Crippen molar-refractivity contribution >= 4 is 33.3 Å². The fourth-order valence-corrected chi connectivity index (χ4v) is 5.90. The summed E-state index contributed by atoms with van der Waals surface area (Å²) in [7, 11) is -3.83. The number of hydrogen-bond donors (Lipinski definition) is 2. The average molecular weight is 590 g/mol. The van der Waals surface area contributed by atoms with Gasteiger partial charge in [0, 0.05) is 11.1 Å². The van der Waals surface area contributed by atoms with E-state index in [2.05, 4.69) is 4.72 Å². The van der Waals surface area contributed by atoms with Crippen molar-refractivity contribution in [1.29, 1.82) is 0 Å². The summed E-state index contributed by atoms with van der Waals surface area (Å²) in [6.45, 7) is 9.28. The first-order valence-corrected chi connectivity index (χ1v) is 15.1. The third-order valence-corrected chi connectivity index (χ3v) is 7.58. The first-order chi connectivity index (χ1) is 18.6. The van der Waals surface area contributed by atoms with Crippen molar-refractivity contribution in [2.75, 3.05) is 17.6 Å². The largest absolute Gasteiger partial charge is 0.493 e. The molecule has 0 fully saturated rings. The molecule has 0 saturated heterocycles. The number of ether oxygens (including phenoxy) is 2.